The highest BCUT2D eigenvalue weighted by Crippen LogP contribution is 2.26. The van der Waals surface area contributed by atoms with Crippen LogP contribution in [0.15, 0.2) is 52.4 Å². The molecule has 3 rings (SSSR count). The Bertz CT molecular complexity index is 1020. The molecule has 2 N–H and O–H groups in total. The van der Waals surface area contributed by atoms with Gasteiger partial charge in [-0.25, -0.2) is 4.68 Å². The van der Waals surface area contributed by atoms with E-state index < -0.39 is 0 Å². The number of methoxy groups -OCH3 is 1. The van der Waals surface area contributed by atoms with Gasteiger partial charge in [-0.3, -0.25) is 15.3 Å². The maximum absolute atomic E-state index is 12.7. The van der Waals surface area contributed by atoms with E-state index in [2.05, 4.69) is 15.6 Å². The Morgan fingerprint density at radius 1 is 1.23 bits per heavy atom. The number of aromatic amines is 1. The van der Waals surface area contributed by atoms with Crippen LogP contribution >= 0.6 is 11.6 Å². The molecule has 6 nitrogen and oxygen atoms in total. The predicted molar refractivity (Wildman–Crippen MR) is 105 cm³/mol. The Kier molecular flexibility index (Phi) is 5.14. The summed E-state index contributed by atoms with van der Waals surface area (Å²) in [6.07, 6.45) is 1.51. The van der Waals surface area contributed by atoms with Crippen molar-refractivity contribution < 1.29 is 4.74 Å². The lowest BCUT2D eigenvalue weighted by Crippen LogP contribution is -2.17. The first-order chi connectivity index (χ1) is 12.5. The van der Waals surface area contributed by atoms with Crippen LogP contribution in [0.2, 0.25) is 5.02 Å². The van der Waals surface area contributed by atoms with Crippen LogP contribution in [0.25, 0.3) is 5.69 Å². The van der Waals surface area contributed by atoms with E-state index in [1.165, 1.54) is 18.0 Å². The molecule has 0 bridgehead atoms. The van der Waals surface area contributed by atoms with Crippen molar-refractivity contribution in [2.24, 2.45) is 5.10 Å². The molecule has 0 aliphatic carbocycles. The van der Waals surface area contributed by atoms with E-state index in [4.69, 9.17) is 16.3 Å². The van der Waals surface area contributed by atoms with Crippen molar-refractivity contribution in [2.75, 3.05) is 12.5 Å². The summed E-state index contributed by atoms with van der Waals surface area (Å²) >= 11 is 6.05. The van der Waals surface area contributed by atoms with Gasteiger partial charge in [0.25, 0.3) is 5.56 Å². The van der Waals surface area contributed by atoms with E-state index in [9.17, 15) is 4.79 Å². The number of halogens is 1. The first-order valence-corrected chi connectivity index (χ1v) is 8.38. The summed E-state index contributed by atoms with van der Waals surface area (Å²) in [5.74, 6) is 0.500. The summed E-state index contributed by atoms with van der Waals surface area (Å²) in [5, 5.41) is 7.70. The summed E-state index contributed by atoms with van der Waals surface area (Å²) in [6.45, 7) is 3.82. The number of benzene rings is 2. The monoisotopic (exact) mass is 370 g/mol. The fourth-order valence-corrected chi connectivity index (χ4v) is 2.76. The molecule has 7 heteroatoms. The number of ether oxygens (including phenoxy) is 1. The number of hydrazone groups is 1. The second kappa shape index (κ2) is 7.49. The van der Waals surface area contributed by atoms with Crippen molar-refractivity contribution >= 4 is 23.5 Å². The first kappa shape index (κ1) is 17.8. The van der Waals surface area contributed by atoms with Crippen molar-refractivity contribution in [3.05, 3.63) is 74.7 Å². The minimum atomic E-state index is -0.207. The third kappa shape index (κ3) is 3.65. The van der Waals surface area contributed by atoms with Gasteiger partial charge in [0, 0.05) is 11.8 Å². The third-order valence-electron chi connectivity index (χ3n) is 3.92. The van der Waals surface area contributed by atoms with Crippen molar-refractivity contribution in [3.8, 4) is 11.4 Å². The zero-order chi connectivity index (χ0) is 18.7. The molecule has 0 unspecified atom stereocenters. The maximum atomic E-state index is 12.7. The molecule has 0 saturated heterocycles. The van der Waals surface area contributed by atoms with Crippen LogP contribution in [0.5, 0.6) is 5.75 Å². The number of rotatable bonds is 5. The van der Waals surface area contributed by atoms with Gasteiger partial charge in [-0.15, -0.1) is 0 Å². The van der Waals surface area contributed by atoms with Crippen LogP contribution in [0.3, 0.4) is 0 Å². The van der Waals surface area contributed by atoms with Crippen LogP contribution < -0.4 is 15.7 Å². The van der Waals surface area contributed by atoms with Gasteiger partial charge in [0.15, 0.2) is 0 Å². The Hall–Kier alpha value is -2.99. The predicted octanol–water partition coefficient (Wildman–Crippen LogP) is 3.89. The quantitative estimate of drug-likeness (QED) is 0.528. The standard InChI is InChI=1S/C19H19ClN4O2/c1-12-5-4-6-14(9-12)22-21-11-16-13(2)23-24(19(16)25)15-7-8-17(20)18(10-15)26-3/h4-11,22-23H,1-3H3. The Labute approximate surface area is 156 Å². The summed E-state index contributed by atoms with van der Waals surface area (Å²) in [6, 6.07) is 13.0. The van der Waals surface area contributed by atoms with Gasteiger partial charge in [0.1, 0.15) is 5.75 Å². The van der Waals surface area contributed by atoms with Crippen LogP contribution in [-0.4, -0.2) is 23.1 Å². The number of hydrogen-bond donors (Lipinski definition) is 2. The van der Waals surface area contributed by atoms with Crippen LogP contribution in [0.1, 0.15) is 16.8 Å². The summed E-state index contributed by atoms with van der Waals surface area (Å²) < 4.78 is 6.64. The fourth-order valence-electron chi connectivity index (χ4n) is 2.57. The van der Waals surface area contributed by atoms with Crippen molar-refractivity contribution in [1.29, 1.82) is 0 Å². The number of nitrogens with zero attached hydrogens (tertiary/aromatic N) is 2. The number of hydrogen-bond acceptors (Lipinski definition) is 4. The van der Waals surface area contributed by atoms with Gasteiger partial charge in [-0.2, -0.15) is 5.10 Å². The minimum Gasteiger partial charge on any atom is -0.495 e. The van der Waals surface area contributed by atoms with Crippen molar-refractivity contribution in [3.63, 3.8) is 0 Å². The van der Waals surface area contributed by atoms with Crippen molar-refractivity contribution in [2.45, 2.75) is 13.8 Å². The average Bonchev–Trinajstić information content (AvgIpc) is 2.90. The molecule has 0 aliphatic heterocycles. The topological polar surface area (TPSA) is 71.4 Å². The molecule has 0 saturated carbocycles. The Morgan fingerprint density at radius 3 is 2.77 bits per heavy atom. The Balaban J connectivity index is 1.89. The van der Waals surface area contributed by atoms with Gasteiger partial charge in [-0.1, -0.05) is 23.7 Å². The lowest BCUT2D eigenvalue weighted by Gasteiger charge is -2.06. The average molecular weight is 371 g/mol. The van der Waals surface area contributed by atoms with Crippen LogP contribution in [0.4, 0.5) is 5.69 Å². The summed E-state index contributed by atoms with van der Waals surface area (Å²) in [4.78, 5) is 12.7. The summed E-state index contributed by atoms with van der Waals surface area (Å²) in [7, 11) is 1.53. The molecule has 3 aromatic rings. The van der Waals surface area contributed by atoms with E-state index in [1.807, 2.05) is 38.1 Å². The number of nitrogens with one attached hydrogen (secondary N) is 2. The fraction of sp³-hybridized carbons (Fsp3) is 0.158. The molecule has 0 atom stereocenters. The van der Waals surface area contributed by atoms with E-state index in [-0.39, 0.29) is 5.56 Å². The van der Waals surface area contributed by atoms with E-state index in [0.717, 1.165) is 11.3 Å². The molecule has 1 aromatic heterocycles. The zero-order valence-electron chi connectivity index (χ0n) is 14.7. The smallest absolute Gasteiger partial charge is 0.280 e. The van der Waals surface area contributed by atoms with Gasteiger partial charge in [-0.05, 0) is 43.7 Å². The highest BCUT2D eigenvalue weighted by Gasteiger charge is 2.12. The normalized spacial score (nSPS) is 11.1. The third-order valence-corrected chi connectivity index (χ3v) is 4.23. The highest BCUT2D eigenvalue weighted by atomic mass is 35.5. The molecule has 134 valence electrons. The van der Waals surface area contributed by atoms with Crippen LogP contribution in [-0.2, 0) is 0 Å². The van der Waals surface area contributed by atoms with Crippen molar-refractivity contribution in [1.82, 2.24) is 9.78 Å². The lowest BCUT2D eigenvalue weighted by atomic mass is 10.2. The van der Waals surface area contributed by atoms with E-state index >= 15 is 0 Å². The molecule has 2 aromatic carbocycles. The summed E-state index contributed by atoms with van der Waals surface area (Å²) in [5.41, 5.74) is 6.52. The molecule has 0 fully saturated rings. The van der Waals surface area contributed by atoms with Crippen LogP contribution in [0, 0.1) is 13.8 Å². The molecule has 0 radical (unpaired) electrons. The molecule has 1 heterocycles. The second-order valence-corrected chi connectivity index (χ2v) is 6.26. The SMILES string of the molecule is COc1cc(-n2[nH]c(C)c(C=NNc3cccc(C)c3)c2=O)ccc1Cl. The van der Waals surface area contributed by atoms with Gasteiger partial charge < -0.3 is 4.74 Å². The lowest BCUT2D eigenvalue weighted by molar-refractivity contribution is 0.414. The molecule has 0 aliphatic rings. The van der Waals surface area contributed by atoms with Gasteiger partial charge in [0.2, 0.25) is 0 Å². The first-order valence-electron chi connectivity index (χ1n) is 8.01. The molecule has 0 amide bonds. The van der Waals surface area contributed by atoms with E-state index in [0.29, 0.717) is 27.7 Å². The molecule has 26 heavy (non-hydrogen) atoms. The molecular formula is C19H19ClN4O2. The minimum absolute atomic E-state index is 0.207. The highest BCUT2D eigenvalue weighted by molar-refractivity contribution is 6.32. The molecular weight excluding hydrogens is 352 g/mol. The van der Waals surface area contributed by atoms with E-state index in [1.54, 1.807) is 18.2 Å². The number of anilines is 1. The molecule has 0 spiro atoms. The maximum Gasteiger partial charge on any atom is 0.280 e. The Morgan fingerprint density at radius 2 is 2.04 bits per heavy atom. The number of H-pyrrole nitrogens is 1. The second-order valence-electron chi connectivity index (χ2n) is 5.85. The van der Waals surface area contributed by atoms with Gasteiger partial charge >= 0.3 is 0 Å². The number of aromatic nitrogens is 2. The largest absolute Gasteiger partial charge is 0.495 e. The number of aryl methyl sites for hydroxylation is 2. The zero-order valence-corrected chi connectivity index (χ0v) is 15.5. The van der Waals surface area contributed by atoms with Gasteiger partial charge in [0.05, 0.1) is 35.3 Å².